The molecule has 1 aromatic carbocycles. The molecule has 3 nitrogen and oxygen atoms in total. The van der Waals surface area contributed by atoms with E-state index in [1.807, 2.05) is 0 Å². The molecule has 0 fully saturated rings. The zero-order valence-electron chi connectivity index (χ0n) is 11.6. The molecule has 0 N–H and O–H groups in total. The predicted molar refractivity (Wildman–Crippen MR) is 71.1 cm³/mol. The van der Waals surface area contributed by atoms with Crippen molar-refractivity contribution in [2.75, 3.05) is 21.3 Å². The zero-order valence-corrected chi connectivity index (χ0v) is 12.6. The largest absolute Gasteiger partial charge is 0.504 e. The molecule has 0 saturated heterocycles. The number of hydrogen-bond acceptors (Lipinski definition) is 3. The highest BCUT2D eigenvalue weighted by molar-refractivity contribution is 6.60. The van der Waals surface area contributed by atoms with Crippen LogP contribution in [0, 0.1) is 20.8 Å². The van der Waals surface area contributed by atoms with Crippen LogP contribution in [0.5, 0.6) is 0 Å². The van der Waals surface area contributed by atoms with Crippen molar-refractivity contribution in [3.05, 3.63) is 34.4 Å². The summed E-state index contributed by atoms with van der Waals surface area (Å²) in [7, 11) is 2.42. The molecule has 0 bridgehead atoms. The summed E-state index contributed by atoms with van der Waals surface area (Å²) in [6, 6.07) is 5.11. The van der Waals surface area contributed by atoms with E-state index in [1.54, 1.807) is 21.3 Å². The van der Waals surface area contributed by atoms with E-state index in [4.69, 9.17) is 13.3 Å². The van der Waals surface area contributed by atoms with Gasteiger partial charge in [0.25, 0.3) is 0 Å². The molecule has 0 unspecified atom stereocenters. The zero-order chi connectivity index (χ0) is 13.1. The molecular weight excluding hydrogens is 232 g/mol. The first-order chi connectivity index (χ1) is 7.98. The van der Waals surface area contributed by atoms with Gasteiger partial charge < -0.3 is 13.3 Å². The fraction of sp³-hybridized carbons (Fsp3) is 0.538. The van der Waals surface area contributed by atoms with Gasteiger partial charge in [0.15, 0.2) is 0 Å². The van der Waals surface area contributed by atoms with Crippen LogP contribution >= 0.6 is 0 Å². The van der Waals surface area contributed by atoms with E-state index in [-0.39, 0.29) is 0 Å². The summed E-state index contributed by atoms with van der Waals surface area (Å²) in [6.07, 6.45) is 0. The van der Waals surface area contributed by atoms with Gasteiger partial charge in [-0.1, -0.05) is 12.1 Å². The van der Waals surface area contributed by atoms with E-state index in [2.05, 4.69) is 32.9 Å². The molecule has 1 rings (SSSR count). The van der Waals surface area contributed by atoms with Gasteiger partial charge in [0.2, 0.25) is 0 Å². The van der Waals surface area contributed by atoms with Crippen LogP contribution in [0.25, 0.3) is 0 Å². The van der Waals surface area contributed by atoms with Crippen LogP contribution in [0.2, 0.25) is 0 Å². The quantitative estimate of drug-likeness (QED) is 0.756. The van der Waals surface area contributed by atoms with Crippen LogP contribution in [0.15, 0.2) is 12.1 Å². The van der Waals surface area contributed by atoms with Crippen molar-refractivity contribution in [2.45, 2.75) is 26.8 Å². The second-order valence-corrected chi connectivity index (χ2v) is 7.28. The Balaban J connectivity index is 3.05. The molecule has 1 aromatic rings. The second-order valence-electron chi connectivity index (χ2n) is 4.34. The van der Waals surface area contributed by atoms with Gasteiger partial charge in [-0.3, -0.25) is 0 Å². The lowest BCUT2D eigenvalue weighted by atomic mass is 10.0. The first-order valence-corrected chi connectivity index (χ1v) is 7.63. The SMILES string of the molecule is CO[Si](Cc1cc(C)c(C)cc1C)(OC)OC. The van der Waals surface area contributed by atoms with Gasteiger partial charge in [-0.2, -0.15) is 0 Å². The Morgan fingerprint density at radius 3 is 1.76 bits per heavy atom. The summed E-state index contributed by atoms with van der Waals surface area (Å²) >= 11 is 0. The van der Waals surface area contributed by atoms with Crippen LogP contribution in [0.4, 0.5) is 0 Å². The molecule has 0 aliphatic heterocycles. The van der Waals surface area contributed by atoms with Crippen molar-refractivity contribution in [1.29, 1.82) is 0 Å². The maximum Gasteiger partial charge on any atom is 0.504 e. The molecular formula is C13H22O3Si. The number of rotatable bonds is 5. The summed E-state index contributed by atoms with van der Waals surface area (Å²) < 4.78 is 16.4. The van der Waals surface area contributed by atoms with Gasteiger partial charge in [-0.15, -0.1) is 0 Å². The summed E-state index contributed by atoms with van der Waals surface area (Å²) in [5.41, 5.74) is 5.10. The predicted octanol–water partition coefficient (Wildman–Crippen LogP) is 2.57. The van der Waals surface area contributed by atoms with E-state index >= 15 is 0 Å². The van der Waals surface area contributed by atoms with E-state index < -0.39 is 8.80 Å². The Labute approximate surface area is 105 Å². The standard InChI is InChI=1S/C13H22O3Si/c1-10-7-12(3)13(8-11(10)2)9-17(14-4,15-5)16-6/h7-8H,9H2,1-6H3. The monoisotopic (exact) mass is 254 g/mol. The molecule has 0 aromatic heterocycles. The minimum atomic E-state index is -2.53. The summed E-state index contributed by atoms with van der Waals surface area (Å²) in [6.45, 7) is 6.36. The third-order valence-corrected chi connectivity index (χ3v) is 5.97. The molecule has 0 heterocycles. The van der Waals surface area contributed by atoms with Gasteiger partial charge in [0.05, 0.1) is 0 Å². The Hall–Kier alpha value is -0.683. The molecule has 0 saturated carbocycles. The van der Waals surface area contributed by atoms with Crippen LogP contribution in [-0.2, 0) is 19.3 Å². The Bertz CT molecular complexity index is 378. The third kappa shape index (κ3) is 3.16. The summed E-state index contributed by atoms with van der Waals surface area (Å²) in [4.78, 5) is 0. The molecule has 0 spiro atoms. The fourth-order valence-electron chi connectivity index (χ4n) is 1.91. The maximum absolute atomic E-state index is 5.46. The van der Waals surface area contributed by atoms with E-state index in [0.29, 0.717) is 6.04 Å². The minimum Gasteiger partial charge on any atom is -0.377 e. The summed E-state index contributed by atoms with van der Waals surface area (Å²) in [5.74, 6) is 0. The lowest BCUT2D eigenvalue weighted by Crippen LogP contribution is -2.45. The van der Waals surface area contributed by atoms with Gasteiger partial charge >= 0.3 is 8.80 Å². The Morgan fingerprint density at radius 2 is 1.29 bits per heavy atom. The van der Waals surface area contributed by atoms with E-state index in [0.717, 1.165) is 0 Å². The topological polar surface area (TPSA) is 27.7 Å². The van der Waals surface area contributed by atoms with Crippen LogP contribution in [-0.4, -0.2) is 30.1 Å². The Kier molecular flexibility index (Phi) is 4.88. The summed E-state index contributed by atoms with van der Waals surface area (Å²) in [5, 5.41) is 0. The maximum atomic E-state index is 5.46. The minimum absolute atomic E-state index is 0.712. The molecule has 17 heavy (non-hydrogen) atoms. The highest BCUT2D eigenvalue weighted by Gasteiger charge is 2.38. The van der Waals surface area contributed by atoms with Crippen molar-refractivity contribution < 1.29 is 13.3 Å². The highest BCUT2D eigenvalue weighted by atomic mass is 28.4. The van der Waals surface area contributed by atoms with Crippen molar-refractivity contribution >= 4 is 8.80 Å². The number of hydrogen-bond donors (Lipinski definition) is 0. The highest BCUT2D eigenvalue weighted by Crippen LogP contribution is 2.21. The van der Waals surface area contributed by atoms with Crippen molar-refractivity contribution in [2.24, 2.45) is 0 Å². The number of aryl methyl sites for hydroxylation is 3. The smallest absolute Gasteiger partial charge is 0.377 e. The molecule has 0 aliphatic rings. The van der Waals surface area contributed by atoms with Gasteiger partial charge in [-0.05, 0) is 43.0 Å². The molecule has 0 aliphatic carbocycles. The lowest BCUT2D eigenvalue weighted by Gasteiger charge is -2.25. The van der Waals surface area contributed by atoms with Crippen molar-refractivity contribution in [3.8, 4) is 0 Å². The normalized spacial score (nSPS) is 11.9. The molecule has 0 amide bonds. The molecule has 0 atom stereocenters. The molecule has 0 radical (unpaired) electrons. The first-order valence-electron chi connectivity index (χ1n) is 5.70. The average Bonchev–Trinajstić information content (AvgIpc) is 2.33. The van der Waals surface area contributed by atoms with Crippen molar-refractivity contribution in [3.63, 3.8) is 0 Å². The second kappa shape index (κ2) is 5.77. The van der Waals surface area contributed by atoms with Crippen LogP contribution in [0.3, 0.4) is 0 Å². The van der Waals surface area contributed by atoms with Gasteiger partial charge in [0, 0.05) is 27.4 Å². The van der Waals surface area contributed by atoms with Crippen LogP contribution in [0.1, 0.15) is 22.3 Å². The average molecular weight is 254 g/mol. The molecule has 96 valence electrons. The lowest BCUT2D eigenvalue weighted by molar-refractivity contribution is 0.122. The number of benzene rings is 1. The van der Waals surface area contributed by atoms with Crippen molar-refractivity contribution in [1.82, 2.24) is 0 Å². The fourth-order valence-corrected chi connectivity index (χ4v) is 3.69. The Morgan fingerprint density at radius 1 is 0.824 bits per heavy atom. The molecule has 4 heteroatoms. The van der Waals surface area contributed by atoms with E-state index in [9.17, 15) is 0 Å². The first kappa shape index (κ1) is 14.4. The third-order valence-electron chi connectivity index (χ3n) is 3.29. The van der Waals surface area contributed by atoms with Gasteiger partial charge in [-0.25, -0.2) is 0 Å². The van der Waals surface area contributed by atoms with Crippen LogP contribution < -0.4 is 0 Å². The van der Waals surface area contributed by atoms with Gasteiger partial charge in [0.1, 0.15) is 0 Å². The van der Waals surface area contributed by atoms with E-state index in [1.165, 1.54) is 22.3 Å².